The van der Waals surface area contributed by atoms with Crippen LogP contribution in [0.2, 0.25) is 0 Å². The summed E-state index contributed by atoms with van der Waals surface area (Å²) in [5.41, 5.74) is 2.52. The molecule has 4 rings (SSSR count). The zero-order chi connectivity index (χ0) is 14.9. The summed E-state index contributed by atoms with van der Waals surface area (Å²) in [5, 5.41) is 7.13. The summed E-state index contributed by atoms with van der Waals surface area (Å²) in [7, 11) is 0. The highest BCUT2D eigenvalue weighted by Gasteiger charge is 2.17. The summed E-state index contributed by atoms with van der Waals surface area (Å²) in [4.78, 5) is 15.0. The number of fused-ring (bicyclic) bond motifs is 1. The highest BCUT2D eigenvalue weighted by molar-refractivity contribution is 5.48. The van der Waals surface area contributed by atoms with Gasteiger partial charge in [0.2, 0.25) is 0 Å². The number of H-pyrrole nitrogens is 1. The van der Waals surface area contributed by atoms with E-state index in [4.69, 9.17) is 0 Å². The van der Waals surface area contributed by atoms with Gasteiger partial charge in [-0.2, -0.15) is 5.10 Å². The monoisotopic (exact) mass is 290 g/mol. The van der Waals surface area contributed by atoms with Gasteiger partial charge in [0.05, 0.1) is 11.0 Å². The number of imidazole rings is 1. The molecule has 0 saturated carbocycles. The summed E-state index contributed by atoms with van der Waals surface area (Å²) in [6, 6.07) is 19.7. The second kappa shape index (κ2) is 5.04. The molecular formula is C17H14N4O. The van der Waals surface area contributed by atoms with Crippen LogP contribution in [-0.2, 0) is 6.67 Å². The van der Waals surface area contributed by atoms with Gasteiger partial charge < -0.3 is 4.98 Å². The van der Waals surface area contributed by atoms with Crippen LogP contribution >= 0.6 is 0 Å². The van der Waals surface area contributed by atoms with Crippen molar-refractivity contribution in [3.63, 3.8) is 0 Å². The SMILES string of the molecule is O=c1[nH]c(=Cc2ccccc2)c2n1CN(c1ccccc1)N=2. The number of para-hydroxylation sites is 1. The molecule has 108 valence electrons. The van der Waals surface area contributed by atoms with E-state index in [9.17, 15) is 4.79 Å². The minimum absolute atomic E-state index is 0.139. The zero-order valence-electron chi connectivity index (χ0n) is 11.8. The van der Waals surface area contributed by atoms with Crippen molar-refractivity contribution in [1.29, 1.82) is 0 Å². The van der Waals surface area contributed by atoms with Crippen molar-refractivity contribution in [3.8, 4) is 0 Å². The van der Waals surface area contributed by atoms with Crippen LogP contribution in [0.1, 0.15) is 5.56 Å². The molecule has 0 fully saturated rings. The number of aromatic nitrogens is 2. The average Bonchev–Trinajstić information content (AvgIpc) is 3.11. The smallest absolute Gasteiger partial charge is 0.304 e. The first kappa shape index (κ1) is 12.6. The highest BCUT2D eigenvalue weighted by Crippen LogP contribution is 2.14. The molecule has 5 heteroatoms. The molecule has 0 amide bonds. The highest BCUT2D eigenvalue weighted by atomic mass is 16.1. The molecule has 3 aromatic rings. The van der Waals surface area contributed by atoms with Gasteiger partial charge in [-0.25, -0.2) is 9.80 Å². The number of aromatic amines is 1. The van der Waals surface area contributed by atoms with Crippen molar-refractivity contribution < 1.29 is 0 Å². The first-order valence-electron chi connectivity index (χ1n) is 7.08. The summed E-state index contributed by atoms with van der Waals surface area (Å²) in [5.74, 6) is 0. The lowest BCUT2D eigenvalue weighted by Crippen LogP contribution is -2.28. The predicted octanol–water partition coefficient (Wildman–Crippen LogP) is 1.02. The lowest BCUT2D eigenvalue weighted by atomic mass is 10.2. The summed E-state index contributed by atoms with van der Waals surface area (Å²) >= 11 is 0. The lowest BCUT2D eigenvalue weighted by Gasteiger charge is -2.12. The Morgan fingerprint density at radius 3 is 2.41 bits per heavy atom. The van der Waals surface area contributed by atoms with Crippen LogP contribution in [0.25, 0.3) is 6.08 Å². The van der Waals surface area contributed by atoms with Gasteiger partial charge in [0.1, 0.15) is 6.67 Å². The molecule has 2 heterocycles. The van der Waals surface area contributed by atoms with Crippen LogP contribution in [-0.4, -0.2) is 9.55 Å². The molecular weight excluding hydrogens is 276 g/mol. The number of anilines is 1. The number of hydrogen-bond donors (Lipinski definition) is 1. The van der Waals surface area contributed by atoms with Crippen LogP contribution in [0.4, 0.5) is 5.69 Å². The minimum Gasteiger partial charge on any atom is -0.304 e. The molecule has 0 radical (unpaired) electrons. The Hall–Kier alpha value is -3.08. The van der Waals surface area contributed by atoms with Gasteiger partial charge in [-0.05, 0) is 23.8 Å². The summed E-state index contributed by atoms with van der Waals surface area (Å²) in [6.07, 6.45) is 1.94. The molecule has 5 nitrogen and oxygen atoms in total. The van der Waals surface area contributed by atoms with Gasteiger partial charge in [-0.1, -0.05) is 48.5 Å². The van der Waals surface area contributed by atoms with E-state index in [-0.39, 0.29) is 5.69 Å². The molecule has 1 aliphatic rings. The quantitative estimate of drug-likeness (QED) is 0.766. The molecule has 0 spiro atoms. The fourth-order valence-corrected chi connectivity index (χ4v) is 2.56. The van der Waals surface area contributed by atoms with E-state index in [0.717, 1.165) is 16.6 Å². The Balaban J connectivity index is 1.84. The normalized spacial score (nSPS) is 14.0. The van der Waals surface area contributed by atoms with Gasteiger partial charge >= 0.3 is 5.69 Å². The van der Waals surface area contributed by atoms with Crippen molar-refractivity contribution in [1.82, 2.24) is 9.55 Å². The van der Waals surface area contributed by atoms with E-state index >= 15 is 0 Å². The largest absolute Gasteiger partial charge is 0.329 e. The standard InChI is InChI=1S/C17H14N4O/c22-17-18-15(11-13-7-3-1-4-8-13)16-19-21(12-20(16)17)14-9-5-2-6-10-14/h1-11H,12H2,(H,18,22). The Bertz CT molecular complexity index is 971. The van der Waals surface area contributed by atoms with Gasteiger partial charge in [0, 0.05) is 0 Å². The maximum absolute atomic E-state index is 12.1. The van der Waals surface area contributed by atoms with E-state index in [1.807, 2.05) is 71.7 Å². The van der Waals surface area contributed by atoms with E-state index in [0.29, 0.717) is 12.2 Å². The van der Waals surface area contributed by atoms with E-state index in [1.54, 1.807) is 4.57 Å². The van der Waals surface area contributed by atoms with E-state index < -0.39 is 0 Å². The third-order valence-corrected chi connectivity index (χ3v) is 3.64. The Labute approximate surface area is 126 Å². The molecule has 22 heavy (non-hydrogen) atoms. The van der Waals surface area contributed by atoms with Gasteiger partial charge in [0.15, 0.2) is 5.49 Å². The topological polar surface area (TPSA) is 53.4 Å². The maximum atomic E-state index is 12.1. The number of rotatable bonds is 2. The fraction of sp³-hybridized carbons (Fsp3) is 0.0588. The molecule has 0 bridgehead atoms. The van der Waals surface area contributed by atoms with Crippen LogP contribution < -0.4 is 21.5 Å². The van der Waals surface area contributed by atoms with Crippen molar-refractivity contribution in [3.05, 3.63) is 87.5 Å². The third-order valence-electron chi connectivity index (χ3n) is 3.64. The number of nitrogens with zero attached hydrogens (tertiary/aromatic N) is 3. The second-order valence-electron chi connectivity index (χ2n) is 5.13. The Kier molecular flexibility index (Phi) is 2.89. The van der Waals surface area contributed by atoms with Crippen molar-refractivity contribution >= 4 is 11.8 Å². The van der Waals surface area contributed by atoms with Crippen molar-refractivity contribution in [2.45, 2.75) is 6.67 Å². The number of nitrogens with one attached hydrogen (secondary N) is 1. The van der Waals surface area contributed by atoms with Crippen LogP contribution in [0.5, 0.6) is 0 Å². The summed E-state index contributed by atoms with van der Waals surface area (Å²) in [6.45, 7) is 0.428. The molecule has 1 aromatic heterocycles. The summed E-state index contributed by atoms with van der Waals surface area (Å²) < 4.78 is 1.64. The molecule has 0 saturated heterocycles. The first-order valence-corrected chi connectivity index (χ1v) is 7.08. The molecule has 0 atom stereocenters. The van der Waals surface area contributed by atoms with Crippen molar-refractivity contribution in [2.24, 2.45) is 5.10 Å². The van der Waals surface area contributed by atoms with E-state index in [2.05, 4.69) is 10.1 Å². The molecule has 1 N–H and O–H groups in total. The third kappa shape index (κ3) is 2.13. The lowest BCUT2D eigenvalue weighted by molar-refractivity contribution is 0.688. The Morgan fingerprint density at radius 1 is 1.00 bits per heavy atom. The molecule has 0 aliphatic carbocycles. The number of hydrogen-bond acceptors (Lipinski definition) is 3. The maximum Gasteiger partial charge on any atom is 0.329 e. The Morgan fingerprint density at radius 2 is 1.68 bits per heavy atom. The minimum atomic E-state index is -0.139. The van der Waals surface area contributed by atoms with Gasteiger partial charge in [-0.15, -0.1) is 0 Å². The fourth-order valence-electron chi connectivity index (χ4n) is 2.56. The molecule has 2 aromatic carbocycles. The van der Waals surface area contributed by atoms with Crippen molar-refractivity contribution in [2.75, 3.05) is 5.01 Å². The van der Waals surface area contributed by atoms with Gasteiger partial charge in [0.25, 0.3) is 0 Å². The van der Waals surface area contributed by atoms with Crippen LogP contribution in [0, 0.1) is 0 Å². The average molecular weight is 290 g/mol. The molecule has 0 unspecified atom stereocenters. The second-order valence-corrected chi connectivity index (χ2v) is 5.13. The van der Waals surface area contributed by atoms with Gasteiger partial charge in [-0.3, -0.25) is 4.57 Å². The predicted molar refractivity (Wildman–Crippen MR) is 84.8 cm³/mol. The number of benzene rings is 2. The van der Waals surface area contributed by atoms with E-state index in [1.165, 1.54) is 0 Å². The van der Waals surface area contributed by atoms with Crippen LogP contribution in [0.15, 0.2) is 70.6 Å². The first-order chi connectivity index (χ1) is 10.8. The zero-order valence-corrected chi connectivity index (χ0v) is 11.8. The molecule has 1 aliphatic heterocycles. The van der Waals surface area contributed by atoms with Crippen LogP contribution in [0.3, 0.4) is 0 Å².